The number of para-hydroxylation sites is 1. The molecular weight excluding hydrogens is 302 g/mol. The summed E-state index contributed by atoms with van der Waals surface area (Å²) in [5.74, 6) is 0.155. The second-order valence-corrected chi connectivity index (χ2v) is 6.05. The minimum absolute atomic E-state index is 0.103. The number of benzene rings is 1. The lowest BCUT2D eigenvalue weighted by Crippen LogP contribution is -2.31. The van der Waals surface area contributed by atoms with E-state index in [1.807, 2.05) is 47.4 Å². The summed E-state index contributed by atoms with van der Waals surface area (Å²) in [6.45, 7) is 1.35. The van der Waals surface area contributed by atoms with Crippen LogP contribution in [0.1, 0.15) is 31.0 Å². The molecule has 3 aromatic rings. The Morgan fingerprint density at radius 1 is 1.17 bits per heavy atom. The summed E-state index contributed by atoms with van der Waals surface area (Å²) in [5, 5.41) is 8.29. The van der Waals surface area contributed by atoms with E-state index in [0.717, 1.165) is 36.1 Å². The fraction of sp³-hybridized carbons (Fsp3) is 0.333. The molecule has 1 amide bonds. The summed E-state index contributed by atoms with van der Waals surface area (Å²) in [4.78, 5) is 19.1. The molecule has 0 bridgehead atoms. The molecule has 6 heteroatoms. The Balaban J connectivity index is 1.46. The Hall–Kier alpha value is -2.76. The first kappa shape index (κ1) is 14.8. The van der Waals surface area contributed by atoms with Crippen molar-refractivity contribution in [2.24, 2.45) is 0 Å². The Morgan fingerprint density at radius 3 is 2.92 bits per heavy atom. The zero-order valence-corrected chi connectivity index (χ0v) is 13.4. The average molecular weight is 321 g/mol. The van der Waals surface area contributed by atoms with Crippen LogP contribution in [0, 0.1) is 0 Å². The monoisotopic (exact) mass is 321 g/mol. The van der Waals surface area contributed by atoms with Crippen molar-refractivity contribution in [2.45, 2.75) is 31.8 Å². The van der Waals surface area contributed by atoms with E-state index in [0.29, 0.717) is 13.0 Å². The highest BCUT2D eigenvalue weighted by molar-refractivity contribution is 5.77. The Kier molecular flexibility index (Phi) is 3.94. The standard InChI is InChI=1S/C18H19N5O/c24-18(10-13-23-17-8-2-1-7-15(17)20-21-23)22-12-5-9-16(22)14-6-3-4-11-19-14/h1-4,6-8,11,16H,5,9-10,12-13H2. The van der Waals surface area contributed by atoms with Gasteiger partial charge >= 0.3 is 0 Å². The van der Waals surface area contributed by atoms with Gasteiger partial charge in [0.25, 0.3) is 0 Å². The first-order chi connectivity index (χ1) is 11.8. The molecule has 1 unspecified atom stereocenters. The normalized spacial score (nSPS) is 17.5. The van der Waals surface area contributed by atoms with Gasteiger partial charge in [-0.25, -0.2) is 4.68 Å². The van der Waals surface area contributed by atoms with Crippen molar-refractivity contribution in [3.63, 3.8) is 0 Å². The molecule has 0 spiro atoms. The van der Waals surface area contributed by atoms with E-state index < -0.39 is 0 Å². The van der Waals surface area contributed by atoms with Crippen molar-refractivity contribution >= 4 is 16.9 Å². The predicted molar refractivity (Wildman–Crippen MR) is 90.1 cm³/mol. The molecule has 24 heavy (non-hydrogen) atoms. The molecule has 4 rings (SSSR count). The number of aromatic nitrogens is 4. The fourth-order valence-corrected chi connectivity index (χ4v) is 3.37. The van der Waals surface area contributed by atoms with E-state index in [1.54, 1.807) is 10.9 Å². The molecular formula is C18H19N5O. The Labute approximate surface area is 140 Å². The number of carbonyl (C=O) groups excluding carboxylic acids is 1. The molecule has 1 aliphatic rings. The Morgan fingerprint density at radius 2 is 2.04 bits per heavy atom. The number of hydrogen-bond acceptors (Lipinski definition) is 4. The second kappa shape index (κ2) is 6.39. The zero-order valence-electron chi connectivity index (χ0n) is 13.4. The van der Waals surface area contributed by atoms with Crippen LogP contribution in [0.25, 0.3) is 11.0 Å². The lowest BCUT2D eigenvalue weighted by atomic mass is 10.1. The molecule has 1 aliphatic heterocycles. The van der Waals surface area contributed by atoms with Gasteiger partial charge in [0.15, 0.2) is 0 Å². The van der Waals surface area contributed by atoms with Gasteiger partial charge in [-0.15, -0.1) is 5.10 Å². The predicted octanol–water partition coefficient (Wildman–Crippen LogP) is 2.58. The number of nitrogens with zero attached hydrogens (tertiary/aromatic N) is 5. The van der Waals surface area contributed by atoms with Crippen molar-refractivity contribution in [2.75, 3.05) is 6.54 Å². The third-order valence-corrected chi connectivity index (χ3v) is 4.56. The summed E-state index contributed by atoms with van der Waals surface area (Å²) in [6, 6.07) is 13.8. The maximum atomic E-state index is 12.7. The van der Waals surface area contributed by atoms with Crippen LogP contribution in [0.3, 0.4) is 0 Å². The fourth-order valence-electron chi connectivity index (χ4n) is 3.37. The summed E-state index contributed by atoms with van der Waals surface area (Å²) in [7, 11) is 0. The third kappa shape index (κ3) is 2.75. The number of hydrogen-bond donors (Lipinski definition) is 0. The molecule has 122 valence electrons. The first-order valence-electron chi connectivity index (χ1n) is 8.31. The number of amides is 1. The highest BCUT2D eigenvalue weighted by atomic mass is 16.2. The van der Waals surface area contributed by atoms with Gasteiger partial charge in [-0.1, -0.05) is 23.4 Å². The molecule has 0 radical (unpaired) electrons. The number of carbonyl (C=O) groups is 1. The minimum atomic E-state index is 0.103. The quantitative estimate of drug-likeness (QED) is 0.741. The molecule has 3 heterocycles. The first-order valence-corrected chi connectivity index (χ1v) is 8.31. The maximum absolute atomic E-state index is 12.7. The van der Waals surface area contributed by atoms with Gasteiger partial charge in [-0.3, -0.25) is 9.78 Å². The van der Waals surface area contributed by atoms with Crippen LogP contribution in [-0.2, 0) is 11.3 Å². The van der Waals surface area contributed by atoms with Gasteiger partial charge in [-0.05, 0) is 37.1 Å². The van der Waals surface area contributed by atoms with E-state index in [9.17, 15) is 4.79 Å². The molecule has 1 aromatic carbocycles. The van der Waals surface area contributed by atoms with Crippen LogP contribution in [-0.4, -0.2) is 37.3 Å². The molecule has 1 fully saturated rings. The lowest BCUT2D eigenvalue weighted by Gasteiger charge is -2.24. The van der Waals surface area contributed by atoms with Gasteiger partial charge < -0.3 is 4.90 Å². The van der Waals surface area contributed by atoms with Crippen LogP contribution in [0.4, 0.5) is 0 Å². The number of pyridine rings is 1. The van der Waals surface area contributed by atoms with Crippen LogP contribution in [0.2, 0.25) is 0 Å². The molecule has 0 N–H and O–H groups in total. The summed E-state index contributed by atoms with van der Waals surface area (Å²) in [6.07, 6.45) is 4.22. The lowest BCUT2D eigenvalue weighted by molar-refractivity contribution is -0.132. The van der Waals surface area contributed by atoms with Crippen LogP contribution < -0.4 is 0 Å². The van der Waals surface area contributed by atoms with Gasteiger partial charge in [0.05, 0.1) is 23.8 Å². The van der Waals surface area contributed by atoms with Crippen LogP contribution >= 0.6 is 0 Å². The Bertz CT molecular complexity index is 845. The average Bonchev–Trinajstić information content (AvgIpc) is 3.28. The number of fused-ring (bicyclic) bond motifs is 1. The van der Waals surface area contributed by atoms with E-state index in [-0.39, 0.29) is 11.9 Å². The van der Waals surface area contributed by atoms with Gasteiger partial charge in [-0.2, -0.15) is 0 Å². The second-order valence-electron chi connectivity index (χ2n) is 6.05. The number of aryl methyl sites for hydroxylation is 1. The van der Waals surface area contributed by atoms with Crippen molar-refractivity contribution in [3.8, 4) is 0 Å². The summed E-state index contributed by atoms with van der Waals surface area (Å²) >= 11 is 0. The van der Waals surface area contributed by atoms with E-state index >= 15 is 0 Å². The molecule has 6 nitrogen and oxygen atoms in total. The van der Waals surface area contributed by atoms with Crippen molar-refractivity contribution in [1.82, 2.24) is 24.9 Å². The summed E-state index contributed by atoms with van der Waals surface area (Å²) in [5.41, 5.74) is 2.81. The van der Waals surface area contributed by atoms with E-state index in [1.165, 1.54) is 0 Å². The molecule has 2 aromatic heterocycles. The maximum Gasteiger partial charge on any atom is 0.225 e. The minimum Gasteiger partial charge on any atom is -0.334 e. The molecule has 1 saturated heterocycles. The topological polar surface area (TPSA) is 63.9 Å². The van der Waals surface area contributed by atoms with Crippen molar-refractivity contribution in [1.29, 1.82) is 0 Å². The van der Waals surface area contributed by atoms with E-state index in [2.05, 4.69) is 15.3 Å². The van der Waals surface area contributed by atoms with Gasteiger partial charge in [0.1, 0.15) is 5.52 Å². The molecule has 0 saturated carbocycles. The smallest absolute Gasteiger partial charge is 0.225 e. The van der Waals surface area contributed by atoms with Gasteiger partial charge in [0.2, 0.25) is 5.91 Å². The zero-order chi connectivity index (χ0) is 16.4. The van der Waals surface area contributed by atoms with Crippen LogP contribution in [0.15, 0.2) is 48.7 Å². The third-order valence-electron chi connectivity index (χ3n) is 4.56. The number of rotatable bonds is 4. The number of likely N-dealkylation sites (tertiary alicyclic amines) is 1. The molecule has 1 atom stereocenters. The van der Waals surface area contributed by atoms with Crippen molar-refractivity contribution < 1.29 is 4.79 Å². The SMILES string of the molecule is O=C(CCn1nnc2ccccc21)N1CCCC1c1ccccn1. The molecule has 0 aliphatic carbocycles. The van der Waals surface area contributed by atoms with E-state index in [4.69, 9.17) is 0 Å². The highest BCUT2D eigenvalue weighted by Gasteiger charge is 2.30. The largest absolute Gasteiger partial charge is 0.334 e. The highest BCUT2D eigenvalue weighted by Crippen LogP contribution is 2.31. The van der Waals surface area contributed by atoms with Crippen molar-refractivity contribution in [3.05, 3.63) is 54.4 Å². The summed E-state index contributed by atoms with van der Waals surface area (Å²) < 4.78 is 1.80. The van der Waals surface area contributed by atoms with Crippen LogP contribution in [0.5, 0.6) is 0 Å². The van der Waals surface area contributed by atoms with Gasteiger partial charge in [0, 0.05) is 19.2 Å².